The molecule has 0 aromatic heterocycles. The van der Waals surface area contributed by atoms with E-state index >= 15 is 0 Å². The second-order valence-electron chi connectivity index (χ2n) is 4.47. The average molecular weight is 253 g/mol. The summed E-state index contributed by atoms with van der Waals surface area (Å²) in [6.45, 7) is 6.04. The van der Waals surface area contributed by atoms with E-state index in [2.05, 4.69) is 13.8 Å². The predicted molar refractivity (Wildman–Crippen MR) is 72.2 cm³/mol. The largest absolute Gasteiger partial charge is 0.508 e. The Balaban J connectivity index is 0.000000351. The molecular formula is C14H23NO3. The summed E-state index contributed by atoms with van der Waals surface area (Å²) in [6.07, 6.45) is 0.886. The van der Waals surface area contributed by atoms with Gasteiger partial charge in [0.1, 0.15) is 5.75 Å². The number of aromatic hydroxyl groups is 1. The summed E-state index contributed by atoms with van der Waals surface area (Å²) in [5.74, 6) is 0.552. The number of carbonyl (C=O) groups excluding carboxylic acids is 1. The Bertz CT molecular complexity index is 325. The Labute approximate surface area is 109 Å². The van der Waals surface area contributed by atoms with E-state index in [-0.39, 0.29) is 18.6 Å². The molecule has 0 saturated heterocycles. The van der Waals surface area contributed by atoms with E-state index < -0.39 is 0 Å². The Kier molecular flexibility index (Phi) is 8.66. The summed E-state index contributed by atoms with van der Waals surface area (Å²) in [4.78, 5) is 10.7. The van der Waals surface area contributed by atoms with Gasteiger partial charge in [0.2, 0.25) is 0 Å². The molecule has 1 aromatic rings. The van der Waals surface area contributed by atoms with E-state index in [1.54, 1.807) is 24.3 Å². The van der Waals surface area contributed by atoms with Crippen molar-refractivity contribution in [3.8, 4) is 5.75 Å². The number of phenols is 1. The third-order valence-electron chi connectivity index (χ3n) is 2.06. The van der Waals surface area contributed by atoms with Crippen molar-refractivity contribution < 1.29 is 14.6 Å². The molecule has 0 aliphatic carbocycles. The maximum atomic E-state index is 10.7. The van der Waals surface area contributed by atoms with Gasteiger partial charge in [-0.25, -0.2) is 0 Å². The normalized spacial score (nSPS) is 11.4. The summed E-state index contributed by atoms with van der Waals surface area (Å²) in [5, 5.41) is 8.63. The molecule has 1 aromatic carbocycles. The molecule has 1 unspecified atom stereocenters. The number of ether oxygens (including phenoxy) is 1. The lowest BCUT2D eigenvalue weighted by Gasteiger charge is -2.14. The average Bonchev–Trinajstić information content (AvgIpc) is 2.29. The van der Waals surface area contributed by atoms with Crippen molar-refractivity contribution >= 4 is 5.97 Å². The highest BCUT2D eigenvalue weighted by Gasteiger charge is 2.08. The molecule has 0 saturated carbocycles. The van der Waals surface area contributed by atoms with Crippen molar-refractivity contribution in [2.24, 2.45) is 11.7 Å². The first-order valence-corrected chi connectivity index (χ1v) is 6.09. The number of esters is 1. The minimum atomic E-state index is -0.321. The zero-order chi connectivity index (χ0) is 14.0. The quantitative estimate of drug-likeness (QED) is 0.808. The van der Waals surface area contributed by atoms with Crippen LogP contribution in [0.3, 0.4) is 0 Å². The second kappa shape index (κ2) is 9.48. The highest BCUT2D eigenvalue weighted by atomic mass is 16.5. The Hall–Kier alpha value is -1.55. The van der Waals surface area contributed by atoms with Crippen LogP contribution in [-0.2, 0) is 9.53 Å². The number of hydrogen-bond acceptors (Lipinski definition) is 4. The van der Waals surface area contributed by atoms with Crippen LogP contribution in [0.25, 0.3) is 0 Å². The number of carbonyl (C=O) groups is 1. The SMILES string of the molecule is CC(C)CC(C)OC(=O)CN.Oc1ccccc1. The predicted octanol–water partition coefficient (Wildman–Crippen LogP) is 2.32. The molecule has 0 bridgehead atoms. The lowest BCUT2D eigenvalue weighted by Crippen LogP contribution is -2.23. The van der Waals surface area contributed by atoms with Gasteiger partial charge in [-0.3, -0.25) is 4.79 Å². The first-order chi connectivity index (χ1) is 8.45. The maximum Gasteiger partial charge on any atom is 0.319 e. The maximum absolute atomic E-state index is 10.7. The molecule has 0 spiro atoms. The molecule has 4 nitrogen and oxygen atoms in total. The zero-order valence-electron chi connectivity index (χ0n) is 11.3. The number of phenolic OH excluding ortho intramolecular Hbond substituents is 1. The van der Waals surface area contributed by atoms with Crippen LogP contribution in [0.5, 0.6) is 5.75 Å². The number of benzene rings is 1. The van der Waals surface area contributed by atoms with E-state index in [9.17, 15) is 4.79 Å². The van der Waals surface area contributed by atoms with Gasteiger partial charge >= 0.3 is 5.97 Å². The van der Waals surface area contributed by atoms with Crippen LogP contribution in [0.2, 0.25) is 0 Å². The Morgan fingerprint density at radius 1 is 1.28 bits per heavy atom. The number of para-hydroxylation sites is 1. The van der Waals surface area contributed by atoms with E-state index in [1.807, 2.05) is 13.0 Å². The van der Waals surface area contributed by atoms with Crippen LogP contribution in [0.4, 0.5) is 0 Å². The molecule has 0 heterocycles. The molecule has 102 valence electrons. The fourth-order valence-electron chi connectivity index (χ4n) is 1.41. The number of rotatable bonds is 4. The first kappa shape index (κ1) is 16.4. The van der Waals surface area contributed by atoms with Crippen LogP contribution in [0, 0.1) is 5.92 Å². The molecule has 3 N–H and O–H groups in total. The molecule has 1 atom stereocenters. The lowest BCUT2D eigenvalue weighted by molar-refractivity contribution is -0.147. The highest BCUT2D eigenvalue weighted by Crippen LogP contribution is 2.07. The van der Waals surface area contributed by atoms with Crippen molar-refractivity contribution in [2.75, 3.05) is 6.54 Å². The summed E-state index contributed by atoms with van der Waals surface area (Å²) in [7, 11) is 0. The van der Waals surface area contributed by atoms with Crippen LogP contribution in [0.1, 0.15) is 27.2 Å². The lowest BCUT2D eigenvalue weighted by atomic mass is 10.1. The van der Waals surface area contributed by atoms with Crippen molar-refractivity contribution in [1.29, 1.82) is 0 Å². The van der Waals surface area contributed by atoms with E-state index in [1.165, 1.54) is 0 Å². The van der Waals surface area contributed by atoms with Crippen molar-refractivity contribution in [2.45, 2.75) is 33.3 Å². The van der Waals surface area contributed by atoms with Gasteiger partial charge in [-0.2, -0.15) is 0 Å². The van der Waals surface area contributed by atoms with Crippen LogP contribution < -0.4 is 5.73 Å². The molecule has 1 rings (SSSR count). The molecule has 0 fully saturated rings. The molecule has 18 heavy (non-hydrogen) atoms. The fourth-order valence-corrected chi connectivity index (χ4v) is 1.41. The zero-order valence-corrected chi connectivity index (χ0v) is 11.3. The second-order valence-corrected chi connectivity index (χ2v) is 4.47. The van der Waals surface area contributed by atoms with Gasteiger partial charge in [0.25, 0.3) is 0 Å². The highest BCUT2D eigenvalue weighted by molar-refractivity contribution is 5.71. The van der Waals surface area contributed by atoms with Crippen LogP contribution in [-0.4, -0.2) is 23.7 Å². The van der Waals surface area contributed by atoms with Gasteiger partial charge in [-0.15, -0.1) is 0 Å². The summed E-state index contributed by atoms with van der Waals surface area (Å²) in [5.41, 5.74) is 5.08. The number of nitrogens with two attached hydrogens (primary N) is 1. The Morgan fingerprint density at radius 2 is 1.83 bits per heavy atom. The minimum Gasteiger partial charge on any atom is -0.508 e. The van der Waals surface area contributed by atoms with E-state index in [0.29, 0.717) is 11.7 Å². The van der Waals surface area contributed by atoms with Gasteiger partial charge in [0.15, 0.2) is 0 Å². The summed E-state index contributed by atoms with van der Waals surface area (Å²) in [6, 6.07) is 8.71. The summed E-state index contributed by atoms with van der Waals surface area (Å²) < 4.78 is 4.95. The van der Waals surface area contributed by atoms with Crippen molar-refractivity contribution in [3.05, 3.63) is 30.3 Å². The van der Waals surface area contributed by atoms with Gasteiger partial charge < -0.3 is 15.6 Å². The van der Waals surface area contributed by atoms with E-state index in [0.717, 1.165) is 6.42 Å². The Morgan fingerprint density at radius 3 is 2.17 bits per heavy atom. The molecular weight excluding hydrogens is 230 g/mol. The molecule has 0 radical (unpaired) electrons. The van der Waals surface area contributed by atoms with Gasteiger partial charge in [-0.05, 0) is 31.4 Å². The fraction of sp³-hybridized carbons (Fsp3) is 0.500. The third-order valence-corrected chi connectivity index (χ3v) is 2.06. The molecule has 0 amide bonds. The van der Waals surface area contributed by atoms with Crippen molar-refractivity contribution in [1.82, 2.24) is 0 Å². The standard InChI is InChI=1S/C8H17NO2.C6H6O/c1-6(2)4-7(3)11-8(10)5-9;7-6-4-2-1-3-5-6/h6-7H,4-5,9H2,1-3H3;1-5,7H. The third kappa shape index (κ3) is 9.66. The summed E-state index contributed by atoms with van der Waals surface area (Å²) >= 11 is 0. The molecule has 0 aliphatic heterocycles. The van der Waals surface area contributed by atoms with Crippen LogP contribution in [0.15, 0.2) is 30.3 Å². The van der Waals surface area contributed by atoms with Crippen LogP contribution >= 0.6 is 0 Å². The number of hydrogen-bond donors (Lipinski definition) is 2. The van der Waals surface area contributed by atoms with Gasteiger partial charge in [0, 0.05) is 0 Å². The van der Waals surface area contributed by atoms with Gasteiger partial charge in [-0.1, -0.05) is 32.0 Å². The minimum absolute atomic E-state index is 0.00829. The van der Waals surface area contributed by atoms with E-state index in [4.69, 9.17) is 15.6 Å². The molecule has 0 aliphatic rings. The van der Waals surface area contributed by atoms with Gasteiger partial charge in [0.05, 0.1) is 12.6 Å². The molecule has 4 heteroatoms. The first-order valence-electron chi connectivity index (χ1n) is 6.09. The van der Waals surface area contributed by atoms with Crippen molar-refractivity contribution in [3.63, 3.8) is 0 Å². The smallest absolute Gasteiger partial charge is 0.319 e. The topological polar surface area (TPSA) is 72.5 Å². The monoisotopic (exact) mass is 253 g/mol.